The molecule has 0 radical (unpaired) electrons. The van der Waals surface area contributed by atoms with Crippen LogP contribution >= 0.6 is 35.0 Å². The van der Waals surface area contributed by atoms with E-state index in [-0.39, 0.29) is 23.2 Å². The number of carboxylic acids is 1. The first-order valence-corrected chi connectivity index (χ1v) is 8.64. The Morgan fingerprint density at radius 1 is 1.09 bits per heavy atom. The van der Waals surface area contributed by atoms with Gasteiger partial charge in [-0.3, -0.25) is 9.59 Å². The predicted octanol–water partition coefficient (Wildman–Crippen LogP) is 5.13. The van der Waals surface area contributed by atoms with Crippen LogP contribution in [0.4, 0.5) is 0 Å². The molecule has 1 atom stereocenters. The maximum atomic E-state index is 12.5. The minimum Gasteiger partial charge on any atom is -0.481 e. The van der Waals surface area contributed by atoms with Gasteiger partial charge in [-0.05, 0) is 23.8 Å². The van der Waals surface area contributed by atoms with E-state index in [2.05, 4.69) is 0 Å². The Labute approximate surface area is 148 Å². The fraction of sp³-hybridized carbons (Fsp3) is 0.176. The Hall–Kier alpha value is -1.49. The van der Waals surface area contributed by atoms with Crippen LogP contribution in [-0.2, 0) is 4.79 Å². The van der Waals surface area contributed by atoms with Crippen LogP contribution in [0.15, 0.2) is 48.5 Å². The van der Waals surface area contributed by atoms with Gasteiger partial charge in [-0.1, -0.05) is 53.5 Å². The van der Waals surface area contributed by atoms with Gasteiger partial charge in [0.15, 0.2) is 5.78 Å². The number of rotatable bonds is 7. The highest BCUT2D eigenvalue weighted by Gasteiger charge is 2.20. The van der Waals surface area contributed by atoms with Gasteiger partial charge < -0.3 is 5.11 Å². The molecular formula is C17H14Cl2O3S. The first-order valence-electron chi connectivity index (χ1n) is 6.84. The SMILES string of the molecule is O=C(O)CSC(CC(=O)c1cc(Cl)ccc1Cl)c1ccccc1. The third kappa shape index (κ3) is 5.27. The average molecular weight is 369 g/mol. The molecule has 0 aliphatic carbocycles. The molecule has 0 saturated heterocycles. The number of Topliss-reactive ketones (excluding diaryl/α,β-unsaturated/α-hetero) is 1. The summed E-state index contributed by atoms with van der Waals surface area (Å²) in [6.07, 6.45) is 0.155. The van der Waals surface area contributed by atoms with Crippen LogP contribution in [0.2, 0.25) is 10.0 Å². The van der Waals surface area contributed by atoms with Crippen molar-refractivity contribution in [1.29, 1.82) is 0 Å². The molecule has 23 heavy (non-hydrogen) atoms. The van der Waals surface area contributed by atoms with Gasteiger partial charge in [0.1, 0.15) is 0 Å². The molecule has 0 spiro atoms. The van der Waals surface area contributed by atoms with E-state index in [0.29, 0.717) is 15.6 Å². The molecule has 6 heteroatoms. The molecule has 2 aromatic rings. The third-order valence-corrected chi connectivity index (χ3v) is 5.00. The number of carboxylic acid groups (broad SMARTS) is 1. The zero-order valence-electron chi connectivity index (χ0n) is 12.0. The van der Waals surface area contributed by atoms with E-state index in [1.165, 1.54) is 17.8 Å². The highest BCUT2D eigenvalue weighted by Crippen LogP contribution is 2.34. The smallest absolute Gasteiger partial charge is 0.313 e. The highest BCUT2D eigenvalue weighted by atomic mass is 35.5. The van der Waals surface area contributed by atoms with Crippen molar-refractivity contribution >= 4 is 46.7 Å². The van der Waals surface area contributed by atoms with Gasteiger partial charge in [-0.2, -0.15) is 0 Å². The Bertz CT molecular complexity index is 704. The number of halogens is 2. The van der Waals surface area contributed by atoms with Gasteiger partial charge in [0, 0.05) is 22.3 Å². The standard InChI is InChI=1S/C17H14Cl2O3S/c18-12-6-7-14(19)13(8-12)15(20)9-16(23-10-17(21)22)11-4-2-1-3-5-11/h1-8,16H,9-10H2,(H,21,22). The van der Waals surface area contributed by atoms with Gasteiger partial charge in [-0.15, -0.1) is 11.8 Å². The molecule has 0 aliphatic rings. The van der Waals surface area contributed by atoms with Crippen molar-refractivity contribution in [3.05, 3.63) is 69.7 Å². The Morgan fingerprint density at radius 3 is 2.43 bits per heavy atom. The number of carbonyl (C=O) groups is 2. The van der Waals surface area contributed by atoms with Crippen LogP contribution in [0.1, 0.15) is 27.6 Å². The quantitative estimate of drug-likeness (QED) is 0.688. The fourth-order valence-electron chi connectivity index (χ4n) is 2.10. The molecule has 0 aromatic heterocycles. The third-order valence-electron chi connectivity index (χ3n) is 3.18. The van der Waals surface area contributed by atoms with E-state index in [9.17, 15) is 9.59 Å². The highest BCUT2D eigenvalue weighted by molar-refractivity contribution is 8.00. The number of thioether (sulfide) groups is 1. The fourth-order valence-corrected chi connectivity index (χ4v) is 3.46. The normalized spacial score (nSPS) is 11.9. The number of carbonyl (C=O) groups excluding carboxylic acids is 1. The molecule has 2 aromatic carbocycles. The average Bonchev–Trinajstić information content (AvgIpc) is 2.54. The number of benzene rings is 2. The minimum atomic E-state index is -0.913. The van der Waals surface area contributed by atoms with E-state index in [1.54, 1.807) is 12.1 Å². The van der Waals surface area contributed by atoms with Crippen molar-refractivity contribution in [3.8, 4) is 0 Å². The van der Waals surface area contributed by atoms with Crippen molar-refractivity contribution in [3.63, 3.8) is 0 Å². The van der Waals surface area contributed by atoms with E-state index in [0.717, 1.165) is 5.56 Å². The number of hydrogen-bond donors (Lipinski definition) is 1. The summed E-state index contributed by atoms with van der Waals surface area (Å²) in [6.45, 7) is 0. The lowest BCUT2D eigenvalue weighted by Crippen LogP contribution is -2.09. The monoisotopic (exact) mass is 368 g/mol. The second-order valence-electron chi connectivity index (χ2n) is 4.86. The molecule has 0 aliphatic heterocycles. The maximum Gasteiger partial charge on any atom is 0.313 e. The predicted molar refractivity (Wildman–Crippen MR) is 94.7 cm³/mol. The summed E-state index contributed by atoms with van der Waals surface area (Å²) in [5.41, 5.74) is 1.27. The maximum absolute atomic E-state index is 12.5. The van der Waals surface area contributed by atoms with Crippen molar-refractivity contribution in [2.45, 2.75) is 11.7 Å². The van der Waals surface area contributed by atoms with Gasteiger partial charge in [0.05, 0.1) is 10.8 Å². The Kier molecular flexibility index (Phi) is 6.51. The molecular weight excluding hydrogens is 355 g/mol. The zero-order chi connectivity index (χ0) is 16.8. The molecule has 0 amide bonds. The van der Waals surface area contributed by atoms with E-state index in [1.807, 2.05) is 30.3 Å². The van der Waals surface area contributed by atoms with Crippen molar-refractivity contribution in [2.24, 2.45) is 0 Å². The van der Waals surface area contributed by atoms with Crippen LogP contribution in [0.5, 0.6) is 0 Å². The molecule has 0 bridgehead atoms. The summed E-state index contributed by atoms with van der Waals surface area (Å²) in [5, 5.41) is 9.42. The molecule has 0 fully saturated rings. The van der Waals surface area contributed by atoms with E-state index >= 15 is 0 Å². The lowest BCUT2D eigenvalue weighted by molar-refractivity contribution is -0.133. The van der Waals surface area contributed by atoms with E-state index < -0.39 is 5.97 Å². The molecule has 3 nitrogen and oxygen atoms in total. The molecule has 1 N–H and O–H groups in total. The van der Waals surface area contributed by atoms with Gasteiger partial charge in [0.2, 0.25) is 0 Å². The summed E-state index contributed by atoms with van der Waals surface area (Å²) >= 11 is 13.2. The second kappa shape index (κ2) is 8.39. The molecule has 0 heterocycles. The molecule has 0 saturated carbocycles. The summed E-state index contributed by atoms with van der Waals surface area (Å²) in [6, 6.07) is 14.1. The first kappa shape index (κ1) is 17.9. The van der Waals surface area contributed by atoms with Crippen molar-refractivity contribution < 1.29 is 14.7 Å². The van der Waals surface area contributed by atoms with Crippen LogP contribution in [0.25, 0.3) is 0 Å². The molecule has 1 unspecified atom stereocenters. The lowest BCUT2D eigenvalue weighted by Gasteiger charge is -2.16. The van der Waals surface area contributed by atoms with Gasteiger partial charge in [0.25, 0.3) is 0 Å². The van der Waals surface area contributed by atoms with Crippen molar-refractivity contribution in [1.82, 2.24) is 0 Å². The summed E-state index contributed by atoms with van der Waals surface area (Å²) in [4.78, 5) is 23.4. The summed E-state index contributed by atoms with van der Waals surface area (Å²) in [7, 11) is 0. The second-order valence-corrected chi connectivity index (χ2v) is 6.89. The minimum absolute atomic E-state index is 0.0733. The van der Waals surface area contributed by atoms with E-state index in [4.69, 9.17) is 28.3 Å². The van der Waals surface area contributed by atoms with Gasteiger partial charge in [-0.25, -0.2) is 0 Å². The Morgan fingerprint density at radius 2 is 1.78 bits per heavy atom. The molecule has 2 rings (SSSR count). The Balaban J connectivity index is 2.21. The van der Waals surface area contributed by atoms with Crippen LogP contribution in [0, 0.1) is 0 Å². The van der Waals surface area contributed by atoms with Crippen LogP contribution < -0.4 is 0 Å². The summed E-state index contributed by atoms with van der Waals surface area (Å²) in [5.74, 6) is -1.15. The van der Waals surface area contributed by atoms with Gasteiger partial charge >= 0.3 is 5.97 Å². The van der Waals surface area contributed by atoms with Crippen LogP contribution in [-0.4, -0.2) is 22.6 Å². The number of hydrogen-bond acceptors (Lipinski definition) is 3. The first-order chi connectivity index (χ1) is 11.0. The zero-order valence-corrected chi connectivity index (χ0v) is 14.4. The number of aliphatic carboxylic acids is 1. The largest absolute Gasteiger partial charge is 0.481 e. The number of ketones is 1. The van der Waals surface area contributed by atoms with Crippen LogP contribution in [0.3, 0.4) is 0 Å². The van der Waals surface area contributed by atoms with Crippen molar-refractivity contribution in [2.75, 3.05) is 5.75 Å². The topological polar surface area (TPSA) is 54.4 Å². The molecule has 120 valence electrons. The lowest BCUT2D eigenvalue weighted by atomic mass is 10.0. The summed E-state index contributed by atoms with van der Waals surface area (Å²) < 4.78 is 0.